The lowest BCUT2D eigenvalue weighted by Crippen LogP contribution is -2.38. The number of imidazole rings is 1. The maximum atomic E-state index is 15.3. The van der Waals surface area contributed by atoms with Crippen LogP contribution in [0.4, 0.5) is 4.39 Å². The fourth-order valence-corrected chi connectivity index (χ4v) is 6.09. The van der Waals surface area contributed by atoms with Crippen LogP contribution in [0.1, 0.15) is 42.7 Å². The Morgan fingerprint density at radius 2 is 2.00 bits per heavy atom. The van der Waals surface area contributed by atoms with Gasteiger partial charge in [0.1, 0.15) is 17.0 Å². The van der Waals surface area contributed by atoms with Gasteiger partial charge in [0.2, 0.25) is 0 Å². The molecule has 2 fully saturated rings. The minimum absolute atomic E-state index is 0.0793. The molecule has 1 aliphatic heterocycles. The lowest BCUT2D eigenvalue weighted by Gasteiger charge is -2.27. The summed E-state index contributed by atoms with van der Waals surface area (Å²) in [4.78, 5) is 24.8. The highest BCUT2D eigenvalue weighted by Crippen LogP contribution is 2.43. The van der Waals surface area contributed by atoms with Crippen molar-refractivity contribution in [2.75, 3.05) is 6.54 Å². The molecule has 4 heterocycles. The summed E-state index contributed by atoms with van der Waals surface area (Å²) in [7, 11) is 1.83. The molecule has 0 N–H and O–H groups in total. The Morgan fingerprint density at radius 1 is 1.18 bits per heavy atom. The molecule has 170 valence electrons. The summed E-state index contributed by atoms with van der Waals surface area (Å²) in [6, 6.07) is 9.51. The zero-order valence-electron chi connectivity index (χ0n) is 19.5. The van der Waals surface area contributed by atoms with Gasteiger partial charge in [0, 0.05) is 42.8 Å². The fourth-order valence-electron chi connectivity index (χ4n) is 6.09. The van der Waals surface area contributed by atoms with E-state index in [0.29, 0.717) is 34.3 Å². The number of amides is 1. The van der Waals surface area contributed by atoms with Crippen LogP contribution >= 0.6 is 0 Å². The van der Waals surface area contributed by atoms with Crippen LogP contribution in [0, 0.1) is 24.6 Å². The monoisotopic (exact) mass is 445 g/mol. The van der Waals surface area contributed by atoms with Crippen LogP contribution in [0.2, 0.25) is 0 Å². The van der Waals surface area contributed by atoms with Crippen molar-refractivity contribution in [1.29, 1.82) is 0 Å². The van der Waals surface area contributed by atoms with Gasteiger partial charge in [0.15, 0.2) is 5.82 Å². The first-order chi connectivity index (χ1) is 15.9. The van der Waals surface area contributed by atoms with Gasteiger partial charge in [-0.3, -0.25) is 4.79 Å². The maximum absolute atomic E-state index is 15.3. The van der Waals surface area contributed by atoms with E-state index in [4.69, 9.17) is 9.97 Å². The molecule has 3 unspecified atom stereocenters. The third-order valence-electron chi connectivity index (χ3n) is 7.87. The second kappa shape index (κ2) is 7.14. The number of piperidine rings is 1. The molecule has 6 nitrogen and oxygen atoms in total. The number of aryl methyl sites for hydroxylation is 3. The van der Waals surface area contributed by atoms with E-state index in [1.54, 1.807) is 10.6 Å². The number of halogens is 1. The van der Waals surface area contributed by atoms with E-state index in [9.17, 15) is 4.79 Å². The summed E-state index contributed by atoms with van der Waals surface area (Å²) < 4.78 is 19.2. The van der Waals surface area contributed by atoms with E-state index in [-0.39, 0.29) is 11.9 Å². The average Bonchev–Trinajstić information content (AvgIpc) is 3.52. The third-order valence-corrected chi connectivity index (χ3v) is 7.87. The van der Waals surface area contributed by atoms with Gasteiger partial charge >= 0.3 is 0 Å². The van der Waals surface area contributed by atoms with E-state index in [0.717, 1.165) is 41.9 Å². The van der Waals surface area contributed by atoms with Gasteiger partial charge in [-0.1, -0.05) is 6.92 Å². The quantitative estimate of drug-likeness (QED) is 0.449. The number of carbonyl (C=O) groups is 1. The lowest BCUT2D eigenvalue weighted by molar-refractivity contribution is 0.0695. The van der Waals surface area contributed by atoms with Gasteiger partial charge in [-0.25, -0.2) is 14.4 Å². The Labute approximate surface area is 192 Å². The van der Waals surface area contributed by atoms with Crippen molar-refractivity contribution in [1.82, 2.24) is 24.0 Å². The van der Waals surface area contributed by atoms with Gasteiger partial charge in [0.25, 0.3) is 5.91 Å². The first-order valence-electron chi connectivity index (χ1n) is 11.8. The molecule has 1 amide bonds. The van der Waals surface area contributed by atoms with E-state index in [1.165, 1.54) is 12.5 Å². The third kappa shape index (κ3) is 2.87. The molecule has 1 saturated heterocycles. The van der Waals surface area contributed by atoms with Gasteiger partial charge in [-0.2, -0.15) is 0 Å². The molecule has 3 atom stereocenters. The van der Waals surface area contributed by atoms with Crippen LogP contribution < -0.4 is 0 Å². The van der Waals surface area contributed by atoms with Gasteiger partial charge < -0.3 is 14.0 Å². The average molecular weight is 446 g/mol. The van der Waals surface area contributed by atoms with Crippen molar-refractivity contribution >= 4 is 28.0 Å². The number of aromatic nitrogens is 4. The van der Waals surface area contributed by atoms with Gasteiger partial charge in [-0.15, -0.1) is 0 Å². The van der Waals surface area contributed by atoms with Crippen molar-refractivity contribution in [2.45, 2.75) is 46.2 Å². The zero-order chi connectivity index (χ0) is 23.0. The second-order valence-corrected chi connectivity index (χ2v) is 9.68. The molecular weight excluding hydrogens is 417 g/mol. The van der Waals surface area contributed by atoms with Crippen LogP contribution in [0.25, 0.3) is 33.6 Å². The summed E-state index contributed by atoms with van der Waals surface area (Å²) in [5.74, 6) is 1.27. The standard InChI is InChI=1S/C26H28FN5O/c1-5-31-22(12-16-7-6-14(2)28-24(16)31)25-29-20-11-18(10-19(27)23(20)30(25)4)26(33)32-13-17-8-9-21(32)15(17)3/h6-7,10-12,15,17,21H,5,8-9,13H2,1-4H3. The molecule has 2 bridgehead atoms. The van der Waals surface area contributed by atoms with Crippen molar-refractivity contribution in [3.63, 3.8) is 0 Å². The van der Waals surface area contributed by atoms with E-state index < -0.39 is 5.82 Å². The van der Waals surface area contributed by atoms with Crippen LogP contribution in [0.15, 0.2) is 30.3 Å². The maximum Gasteiger partial charge on any atom is 0.254 e. The predicted molar refractivity (Wildman–Crippen MR) is 127 cm³/mol. The molecule has 1 aliphatic carbocycles. The number of rotatable bonds is 3. The van der Waals surface area contributed by atoms with E-state index in [2.05, 4.69) is 30.5 Å². The minimum Gasteiger partial charge on any atom is -0.335 e. The Balaban J connectivity index is 1.46. The predicted octanol–water partition coefficient (Wildman–Crippen LogP) is 4.93. The molecular formula is C26H28FN5O. The van der Waals surface area contributed by atoms with Crippen molar-refractivity contribution < 1.29 is 9.18 Å². The van der Waals surface area contributed by atoms with Crippen molar-refractivity contribution in [2.24, 2.45) is 18.9 Å². The molecule has 6 rings (SSSR count). The number of hydrogen-bond acceptors (Lipinski definition) is 3. The van der Waals surface area contributed by atoms with E-state index in [1.807, 2.05) is 24.9 Å². The molecule has 3 aromatic heterocycles. The number of likely N-dealkylation sites (tertiary alicyclic amines) is 1. The number of nitrogens with zero attached hydrogens (tertiary/aromatic N) is 5. The normalized spacial score (nSPS) is 22.2. The summed E-state index contributed by atoms with van der Waals surface area (Å²) in [6.45, 7) is 7.77. The highest BCUT2D eigenvalue weighted by Gasteiger charge is 2.46. The van der Waals surface area contributed by atoms with Crippen LogP contribution in [-0.2, 0) is 13.6 Å². The topological polar surface area (TPSA) is 56.0 Å². The molecule has 0 radical (unpaired) electrons. The van der Waals surface area contributed by atoms with Crippen LogP contribution in [0.5, 0.6) is 0 Å². The summed E-state index contributed by atoms with van der Waals surface area (Å²) in [6.07, 6.45) is 2.23. The first-order valence-corrected chi connectivity index (χ1v) is 11.8. The largest absolute Gasteiger partial charge is 0.335 e. The Hall–Kier alpha value is -3.22. The smallest absolute Gasteiger partial charge is 0.254 e. The Bertz CT molecular complexity index is 1430. The number of pyridine rings is 1. The summed E-state index contributed by atoms with van der Waals surface area (Å²) >= 11 is 0. The SMILES string of the molecule is CCn1c(-c2nc3cc(C(=O)N4CC5CCC4C5C)cc(F)c3n2C)cc2ccc(C)nc21. The number of carbonyl (C=O) groups excluding carboxylic acids is 1. The second-order valence-electron chi connectivity index (χ2n) is 9.68. The van der Waals surface area contributed by atoms with Gasteiger partial charge in [0.05, 0.1) is 11.2 Å². The number of hydrogen-bond donors (Lipinski definition) is 0. The zero-order valence-corrected chi connectivity index (χ0v) is 19.5. The Morgan fingerprint density at radius 3 is 2.70 bits per heavy atom. The van der Waals surface area contributed by atoms with Crippen molar-refractivity contribution in [3.05, 3.63) is 47.4 Å². The fraction of sp³-hybridized carbons (Fsp3) is 0.423. The molecule has 2 aliphatic rings. The van der Waals surface area contributed by atoms with Gasteiger partial charge in [-0.05, 0) is 68.9 Å². The minimum atomic E-state index is -0.414. The molecule has 7 heteroatoms. The molecule has 33 heavy (non-hydrogen) atoms. The highest BCUT2D eigenvalue weighted by atomic mass is 19.1. The Kier molecular flexibility index (Phi) is 4.41. The summed E-state index contributed by atoms with van der Waals surface area (Å²) in [5, 5.41) is 1.03. The molecule has 1 aromatic carbocycles. The van der Waals surface area contributed by atoms with E-state index >= 15 is 4.39 Å². The molecule has 1 saturated carbocycles. The lowest BCUT2D eigenvalue weighted by atomic mass is 10.0. The van der Waals surface area contributed by atoms with Crippen molar-refractivity contribution in [3.8, 4) is 11.5 Å². The molecule has 4 aromatic rings. The number of fused-ring (bicyclic) bond motifs is 4. The number of benzene rings is 1. The van der Waals surface area contributed by atoms with Crippen LogP contribution in [0.3, 0.4) is 0 Å². The van der Waals surface area contributed by atoms with Crippen LogP contribution in [-0.4, -0.2) is 42.5 Å². The molecule has 0 spiro atoms. The summed E-state index contributed by atoms with van der Waals surface area (Å²) in [5.41, 5.74) is 4.04. The highest BCUT2D eigenvalue weighted by molar-refractivity contribution is 5.98. The first kappa shape index (κ1) is 20.4.